The summed E-state index contributed by atoms with van der Waals surface area (Å²) in [6.45, 7) is 5.33. The van der Waals surface area contributed by atoms with Crippen LogP contribution in [-0.2, 0) is 22.7 Å². The first-order valence-electron chi connectivity index (χ1n) is 9.06. The van der Waals surface area contributed by atoms with E-state index in [1.54, 1.807) is 0 Å². The maximum absolute atomic E-state index is 12.2. The molecule has 0 radical (unpaired) electrons. The molecule has 2 aliphatic rings. The van der Waals surface area contributed by atoms with E-state index in [0.29, 0.717) is 19.1 Å². The van der Waals surface area contributed by atoms with Crippen molar-refractivity contribution < 1.29 is 9.53 Å². The van der Waals surface area contributed by atoms with Crippen molar-refractivity contribution in [1.29, 1.82) is 0 Å². The number of carbonyl (C=O) groups excluding carboxylic acids is 1. The third-order valence-electron chi connectivity index (χ3n) is 5.40. The Hall–Kier alpha value is -1.35. The molecule has 126 valence electrons. The Morgan fingerprint density at radius 3 is 2.78 bits per heavy atom. The molecule has 23 heavy (non-hydrogen) atoms. The lowest BCUT2D eigenvalue weighted by Gasteiger charge is -2.20. The number of hydrogen-bond acceptors (Lipinski definition) is 2. The van der Waals surface area contributed by atoms with Gasteiger partial charge < -0.3 is 10.1 Å². The lowest BCUT2D eigenvalue weighted by Crippen LogP contribution is -2.26. The quantitative estimate of drug-likeness (QED) is 0.824. The molecule has 2 fully saturated rings. The van der Waals surface area contributed by atoms with Crippen LogP contribution in [-0.4, -0.2) is 12.0 Å². The SMILES string of the molecule is CC(C)OCc1cccc(CNC(=O)C[C@H]2C[C@@H]3CC[C@@H]2C3)c1. The van der Waals surface area contributed by atoms with Crippen LogP contribution < -0.4 is 5.32 Å². The largest absolute Gasteiger partial charge is 0.374 e. The molecule has 0 unspecified atom stereocenters. The summed E-state index contributed by atoms with van der Waals surface area (Å²) in [4.78, 5) is 12.2. The molecule has 2 saturated carbocycles. The highest BCUT2D eigenvalue weighted by Gasteiger charge is 2.39. The smallest absolute Gasteiger partial charge is 0.220 e. The van der Waals surface area contributed by atoms with E-state index in [0.717, 1.165) is 23.8 Å². The van der Waals surface area contributed by atoms with Crippen molar-refractivity contribution in [2.24, 2.45) is 17.8 Å². The predicted molar refractivity (Wildman–Crippen MR) is 91.8 cm³/mol. The number of carbonyl (C=O) groups is 1. The van der Waals surface area contributed by atoms with Crippen LogP contribution in [0.5, 0.6) is 0 Å². The molecule has 0 aliphatic heterocycles. The fourth-order valence-corrected chi connectivity index (χ4v) is 4.23. The first-order chi connectivity index (χ1) is 11.1. The Balaban J connectivity index is 1.44. The minimum Gasteiger partial charge on any atom is -0.374 e. The van der Waals surface area contributed by atoms with Crippen LogP contribution in [0.25, 0.3) is 0 Å². The highest BCUT2D eigenvalue weighted by atomic mass is 16.5. The lowest BCUT2D eigenvalue weighted by molar-refractivity contribution is -0.122. The zero-order valence-electron chi connectivity index (χ0n) is 14.4. The molecule has 3 rings (SSSR count). The second kappa shape index (κ2) is 7.48. The van der Waals surface area contributed by atoms with Crippen LogP contribution >= 0.6 is 0 Å². The molecule has 3 atom stereocenters. The Kier molecular flexibility index (Phi) is 5.37. The van der Waals surface area contributed by atoms with Crippen molar-refractivity contribution in [3.8, 4) is 0 Å². The number of rotatable bonds is 7. The Labute approximate surface area is 139 Å². The summed E-state index contributed by atoms with van der Waals surface area (Å²) in [6.07, 6.45) is 6.35. The molecule has 0 aromatic heterocycles. The van der Waals surface area contributed by atoms with Crippen LogP contribution in [0.3, 0.4) is 0 Å². The van der Waals surface area contributed by atoms with Crippen molar-refractivity contribution in [2.75, 3.05) is 0 Å². The number of nitrogens with one attached hydrogen (secondary N) is 1. The van der Waals surface area contributed by atoms with Gasteiger partial charge in [0.2, 0.25) is 5.91 Å². The Bertz CT molecular complexity index is 540. The van der Waals surface area contributed by atoms with E-state index in [4.69, 9.17) is 4.74 Å². The minimum absolute atomic E-state index is 0.214. The summed E-state index contributed by atoms with van der Waals surface area (Å²) >= 11 is 0. The Morgan fingerprint density at radius 1 is 1.26 bits per heavy atom. The molecule has 1 aromatic carbocycles. The molecule has 0 saturated heterocycles. The van der Waals surface area contributed by atoms with Gasteiger partial charge in [-0.25, -0.2) is 0 Å². The van der Waals surface area contributed by atoms with Crippen molar-refractivity contribution in [2.45, 2.75) is 65.2 Å². The summed E-state index contributed by atoms with van der Waals surface area (Å²) < 4.78 is 5.64. The lowest BCUT2D eigenvalue weighted by atomic mass is 9.86. The summed E-state index contributed by atoms with van der Waals surface area (Å²) in [6, 6.07) is 8.30. The van der Waals surface area contributed by atoms with Crippen molar-refractivity contribution >= 4 is 5.91 Å². The van der Waals surface area contributed by atoms with Crippen LogP contribution in [0.4, 0.5) is 0 Å². The fourth-order valence-electron chi connectivity index (χ4n) is 4.23. The molecule has 2 bridgehead atoms. The number of amides is 1. The van der Waals surface area contributed by atoms with Crippen LogP contribution in [0, 0.1) is 17.8 Å². The van der Waals surface area contributed by atoms with E-state index in [2.05, 4.69) is 23.5 Å². The van der Waals surface area contributed by atoms with Crippen molar-refractivity contribution in [3.63, 3.8) is 0 Å². The van der Waals surface area contributed by atoms with Crippen LogP contribution in [0.15, 0.2) is 24.3 Å². The van der Waals surface area contributed by atoms with E-state index < -0.39 is 0 Å². The van der Waals surface area contributed by atoms with Crippen LogP contribution in [0.2, 0.25) is 0 Å². The van der Waals surface area contributed by atoms with Gasteiger partial charge in [0.05, 0.1) is 12.7 Å². The normalized spacial score (nSPS) is 26.0. The molecular weight excluding hydrogens is 286 g/mol. The first-order valence-corrected chi connectivity index (χ1v) is 9.06. The molecular formula is C20H29NO2. The summed E-state index contributed by atoms with van der Waals surface area (Å²) in [5.41, 5.74) is 2.31. The monoisotopic (exact) mass is 315 g/mol. The fraction of sp³-hybridized carbons (Fsp3) is 0.650. The molecule has 2 aliphatic carbocycles. The summed E-state index contributed by atoms with van der Waals surface area (Å²) in [5.74, 6) is 2.59. The van der Waals surface area contributed by atoms with Crippen molar-refractivity contribution in [1.82, 2.24) is 5.32 Å². The topological polar surface area (TPSA) is 38.3 Å². The zero-order chi connectivity index (χ0) is 16.2. The highest BCUT2D eigenvalue weighted by Crippen LogP contribution is 2.49. The van der Waals surface area contributed by atoms with E-state index in [1.807, 2.05) is 19.9 Å². The molecule has 0 spiro atoms. The van der Waals surface area contributed by atoms with Gasteiger partial charge in [-0.1, -0.05) is 30.7 Å². The molecule has 1 aromatic rings. The standard InChI is InChI=1S/C20H29NO2/c1-14(2)23-13-17-5-3-4-16(8-17)12-21-20(22)11-19-10-15-6-7-18(19)9-15/h3-5,8,14-15,18-19H,6-7,9-13H2,1-2H3,(H,21,22)/t15-,18-,19-/m1/s1. The number of fused-ring (bicyclic) bond motifs is 2. The van der Waals surface area contributed by atoms with Gasteiger partial charge in [0.1, 0.15) is 0 Å². The molecule has 0 heterocycles. The third-order valence-corrected chi connectivity index (χ3v) is 5.40. The van der Waals surface area contributed by atoms with E-state index in [1.165, 1.54) is 31.2 Å². The molecule has 3 heteroatoms. The van der Waals surface area contributed by atoms with Gasteiger partial charge in [0.15, 0.2) is 0 Å². The first kappa shape index (κ1) is 16.5. The number of ether oxygens (including phenoxy) is 1. The minimum atomic E-state index is 0.214. The van der Waals surface area contributed by atoms with Crippen LogP contribution in [0.1, 0.15) is 57.1 Å². The predicted octanol–water partition coefficient (Wildman–Crippen LogP) is 4.05. The second-order valence-electron chi connectivity index (χ2n) is 7.60. The van der Waals surface area contributed by atoms with Gasteiger partial charge in [-0.05, 0) is 62.0 Å². The van der Waals surface area contributed by atoms with Gasteiger partial charge in [-0.2, -0.15) is 0 Å². The van der Waals surface area contributed by atoms with E-state index in [-0.39, 0.29) is 12.0 Å². The maximum Gasteiger partial charge on any atom is 0.220 e. The third kappa shape index (κ3) is 4.57. The zero-order valence-corrected chi connectivity index (χ0v) is 14.4. The second-order valence-corrected chi connectivity index (χ2v) is 7.60. The van der Waals surface area contributed by atoms with E-state index >= 15 is 0 Å². The van der Waals surface area contributed by atoms with E-state index in [9.17, 15) is 4.79 Å². The van der Waals surface area contributed by atoms with Gasteiger partial charge in [-0.15, -0.1) is 0 Å². The summed E-state index contributed by atoms with van der Waals surface area (Å²) in [7, 11) is 0. The Morgan fingerprint density at radius 2 is 2.09 bits per heavy atom. The maximum atomic E-state index is 12.2. The van der Waals surface area contributed by atoms with Gasteiger partial charge >= 0.3 is 0 Å². The van der Waals surface area contributed by atoms with Gasteiger partial charge in [0.25, 0.3) is 0 Å². The van der Waals surface area contributed by atoms with Gasteiger partial charge in [-0.3, -0.25) is 4.79 Å². The average molecular weight is 315 g/mol. The highest BCUT2D eigenvalue weighted by molar-refractivity contribution is 5.76. The number of benzene rings is 1. The summed E-state index contributed by atoms with van der Waals surface area (Å²) in [5, 5.41) is 3.10. The van der Waals surface area contributed by atoms with Gasteiger partial charge in [0, 0.05) is 13.0 Å². The number of hydrogen-bond donors (Lipinski definition) is 1. The average Bonchev–Trinajstić information content (AvgIpc) is 3.14. The van der Waals surface area contributed by atoms with Crippen molar-refractivity contribution in [3.05, 3.63) is 35.4 Å². The molecule has 1 N–H and O–H groups in total. The molecule has 1 amide bonds. The molecule has 3 nitrogen and oxygen atoms in total.